The van der Waals surface area contributed by atoms with Crippen molar-refractivity contribution in [2.24, 2.45) is 4.99 Å². The average Bonchev–Trinajstić information content (AvgIpc) is 2.41. The maximum Gasteiger partial charge on any atom is 0.284 e. The maximum atomic E-state index is 10.8. The Morgan fingerprint density at radius 2 is 1.95 bits per heavy atom. The first kappa shape index (κ1) is 15.0. The Hall–Kier alpha value is -1.43. The number of nitro benzene ring substituents is 1. The molecule has 0 amide bonds. The van der Waals surface area contributed by atoms with E-state index in [1.807, 2.05) is 0 Å². The summed E-state index contributed by atoms with van der Waals surface area (Å²) >= 11 is 15.0. The van der Waals surface area contributed by atoms with Crippen LogP contribution in [0.2, 0.25) is 10.0 Å². The molecular weight excluding hydrogens is 367 g/mol. The van der Waals surface area contributed by atoms with Gasteiger partial charge in [-0.15, -0.1) is 0 Å². The predicted molar refractivity (Wildman–Crippen MR) is 84.5 cm³/mol. The van der Waals surface area contributed by atoms with E-state index in [0.29, 0.717) is 25.8 Å². The molecular formula is C13H7BrCl2N2O2. The second-order valence-corrected chi connectivity index (χ2v) is 5.52. The van der Waals surface area contributed by atoms with Crippen molar-refractivity contribution in [1.29, 1.82) is 0 Å². The third-order valence-corrected chi connectivity index (χ3v) is 3.65. The molecule has 0 bridgehead atoms. The van der Waals surface area contributed by atoms with Gasteiger partial charge >= 0.3 is 0 Å². The van der Waals surface area contributed by atoms with Crippen molar-refractivity contribution in [1.82, 2.24) is 0 Å². The van der Waals surface area contributed by atoms with E-state index in [2.05, 4.69) is 20.9 Å². The Morgan fingerprint density at radius 1 is 1.20 bits per heavy atom. The van der Waals surface area contributed by atoms with E-state index in [-0.39, 0.29) is 5.69 Å². The molecule has 0 heterocycles. The van der Waals surface area contributed by atoms with E-state index in [9.17, 15) is 10.1 Å². The van der Waals surface area contributed by atoms with Crippen LogP contribution in [0.3, 0.4) is 0 Å². The van der Waals surface area contributed by atoms with Gasteiger partial charge in [0.2, 0.25) is 0 Å². The van der Waals surface area contributed by atoms with Gasteiger partial charge in [0.25, 0.3) is 5.69 Å². The number of hydrogen-bond acceptors (Lipinski definition) is 3. The fraction of sp³-hybridized carbons (Fsp3) is 0. The van der Waals surface area contributed by atoms with Crippen molar-refractivity contribution in [3.05, 3.63) is 66.6 Å². The van der Waals surface area contributed by atoms with Crippen molar-refractivity contribution in [2.45, 2.75) is 0 Å². The highest BCUT2D eigenvalue weighted by molar-refractivity contribution is 9.10. The summed E-state index contributed by atoms with van der Waals surface area (Å²) in [6, 6.07) is 9.64. The van der Waals surface area contributed by atoms with Crippen LogP contribution in [0.15, 0.2) is 45.9 Å². The molecule has 0 N–H and O–H groups in total. The van der Waals surface area contributed by atoms with E-state index in [1.165, 1.54) is 12.3 Å². The zero-order valence-corrected chi connectivity index (χ0v) is 13.0. The van der Waals surface area contributed by atoms with Gasteiger partial charge in [0.15, 0.2) is 0 Å². The summed E-state index contributed by atoms with van der Waals surface area (Å²) in [5.41, 5.74) is 1.08. The van der Waals surface area contributed by atoms with E-state index < -0.39 is 4.92 Å². The molecule has 2 rings (SSSR count). The minimum atomic E-state index is -0.464. The van der Waals surface area contributed by atoms with Crippen molar-refractivity contribution in [3.8, 4) is 0 Å². The molecule has 0 aliphatic rings. The molecule has 7 heteroatoms. The Morgan fingerprint density at radius 3 is 2.65 bits per heavy atom. The van der Waals surface area contributed by atoms with Gasteiger partial charge in [-0.3, -0.25) is 15.1 Å². The predicted octanol–water partition coefficient (Wildman–Crippen LogP) is 5.41. The number of aliphatic imine (C=N–C) groups is 1. The maximum absolute atomic E-state index is 10.8. The minimum absolute atomic E-state index is 0.0221. The number of nitrogens with zero attached hydrogens (tertiary/aromatic N) is 2. The van der Waals surface area contributed by atoms with Crippen LogP contribution in [-0.2, 0) is 0 Å². The molecule has 102 valence electrons. The molecule has 0 saturated carbocycles. The highest BCUT2D eigenvalue weighted by Crippen LogP contribution is 2.29. The van der Waals surface area contributed by atoms with Crippen LogP contribution in [0, 0.1) is 10.1 Å². The number of rotatable bonds is 3. The Bertz CT molecular complexity index is 705. The molecule has 4 nitrogen and oxygen atoms in total. The molecule has 0 atom stereocenters. The van der Waals surface area contributed by atoms with Crippen LogP contribution in [0.4, 0.5) is 11.4 Å². The standard InChI is InChI=1S/C13H7BrCl2N2O2/c14-10-3-1-8(5-13(10)18(19)20)7-17-12-6-9(15)2-4-11(12)16/h1-7H. The van der Waals surface area contributed by atoms with Crippen molar-refractivity contribution >= 4 is 56.7 Å². The highest BCUT2D eigenvalue weighted by Gasteiger charge is 2.11. The summed E-state index contributed by atoms with van der Waals surface area (Å²) in [5, 5.41) is 11.8. The van der Waals surface area contributed by atoms with Crippen LogP contribution in [0.5, 0.6) is 0 Å². The number of halogens is 3. The van der Waals surface area contributed by atoms with Crippen LogP contribution in [0.1, 0.15) is 5.56 Å². The fourth-order valence-electron chi connectivity index (χ4n) is 1.48. The van der Waals surface area contributed by atoms with Gasteiger partial charge in [0.1, 0.15) is 0 Å². The first-order chi connectivity index (χ1) is 9.47. The molecule has 20 heavy (non-hydrogen) atoms. The summed E-state index contributed by atoms with van der Waals surface area (Å²) in [7, 11) is 0. The molecule has 0 aliphatic heterocycles. The van der Waals surface area contributed by atoms with Crippen molar-refractivity contribution < 1.29 is 4.92 Å². The van der Waals surface area contributed by atoms with Crippen molar-refractivity contribution in [2.75, 3.05) is 0 Å². The second kappa shape index (κ2) is 6.35. The monoisotopic (exact) mass is 372 g/mol. The molecule has 0 fully saturated rings. The number of hydrogen-bond donors (Lipinski definition) is 0. The molecule has 0 aromatic heterocycles. The Balaban J connectivity index is 2.34. The summed E-state index contributed by atoms with van der Waals surface area (Å²) in [6.07, 6.45) is 1.50. The number of benzene rings is 2. The normalized spacial score (nSPS) is 10.9. The largest absolute Gasteiger partial charge is 0.284 e. The number of nitro groups is 1. The van der Waals surface area contributed by atoms with E-state index in [1.54, 1.807) is 30.3 Å². The highest BCUT2D eigenvalue weighted by atomic mass is 79.9. The van der Waals surface area contributed by atoms with E-state index in [0.717, 1.165) is 0 Å². The topological polar surface area (TPSA) is 55.5 Å². The van der Waals surface area contributed by atoms with Gasteiger partial charge in [-0.2, -0.15) is 0 Å². The molecule has 2 aromatic rings. The van der Waals surface area contributed by atoms with E-state index >= 15 is 0 Å². The first-order valence-electron chi connectivity index (χ1n) is 5.40. The smallest absolute Gasteiger partial charge is 0.258 e. The summed E-state index contributed by atoms with van der Waals surface area (Å²) in [6.45, 7) is 0. The lowest BCUT2D eigenvalue weighted by Gasteiger charge is -2.00. The SMILES string of the molecule is O=[N+]([O-])c1cc(C=Nc2cc(Cl)ccc2Cl)ccc1Br. The third kappa shape index (κ3) is 3.56. The summed E-state index contributed by atoms with van der Waals surface area (Å²) in [5.74, 6) is 0. The van der Waals surface area contributed by atoms with Gasteiger partial charge in [-0.05, 0) is 45.8 Å². The lowest BCUT2D eigenvalue weighted by Crippen LogP contribution is -1.91. The fourth-order valence-corrected chi connectivity index (χ4v) is 2.20. The van der Waals surface area contributed by atoms with Crippen LogP contribution in [0.25, 0.3) is 0 Å². The van der Waals surface area contributed by atoms with Gasteiger partial charge in [0, 0.05) is 17.3 Å². The Labute approximate surface area is 133 Å². The zero-order valence-electron chi connectivity index (χ0n) is 9.89. The van der Waals surface area contributed by atoms with Gasteiger partial charge in [-0.1, -0.05) is 29.3 Å². The molecule has 0 unspecified atom stereocenters. The van der Waals surface area contributed by atoms with Crippen LogP contribution in [-0.4, -0.2) is 11.1 Å². The third-order valence-electron chi connectivity index (χ3n) is 2.43. The van der Waals surface area contributed by atoms with Gasteiger partial charge in [-0.25, -0.2) is 0 Å². The quantitative estimate of drug-likeness (QED) is 0.410. The average molecular weight is 374 g/mol. The first-order valence-corrected chi connectivity index (χ1v) is 6.95. The zero-order chi connectivity index (χ0) is 14.7. The van der Waals surface area contributed by atoms with Crippen LogP contribution >= 0.6 is 39.1 Å². The molecule has 0 saturated heterocycles. The van der Waals surface area contributed by atoms with Gasteiger partial charge in [0.05, 0.1) is 20.1 Å². The lowest BCUT2D eigenvalue weighted by atomic mass is 10.2. The molecule has 0 radical (unpaired) electrons. The van der Waals surface area contributed by atoms with Crippen molar-refractivity contribution in [3.63, 3.8) is 0 Å². The van der Waals surface area contributed by atoms with E-state index in [4.69, 9.17) is 23.2 Å². The summed E-state index contributed by atoms with van der Waals surface area (Å²) < 4.78 is 0.417. The Kier molecular flexibility index (Phi) is 4.75. The minimum Gasteiger partial charge on any atom is -0.258 e. The molecule has 2 aromatic carbocycles. The lowest BCUT2D eigenvalue weighted by molar-refractivity contribution is -0.385. The summed E-state index contributed by atoms with van der Waals surface area (Å²) in [4.78, 5) is 14.6. The van der Waals surface area contributed by atoms with Crippen LogP contribution < -0.4 is 0 Å². The second-order valence-electron chi connectivity index (χ2n) is 3.82. The molecule has 0 aliphatic carbocycles. The molecule has 0 spiro atoms. The van der Waals surface area contributed by atoms with Gasteiger partial charge < -0.3 is 0 Å².